The zero-order chi connectivity index (χ0) is 13.9. The highest BCUT2D eigenvalue weighted by Gasteiger charge is 2.19. The fourth-order valence-electron chi connectivity index (χ4n) is 2.51. The Labute approximate surface area is 118 Å². The molecule has 3 heterocycles. The van der Waals surface area contributed by atoms with Crippen LogP contribution in [0, 0.1) is 6.92 Å². The molecule has 0 bridgehead atoms. The highest BCUT2D eigenvalue weighted by molar-refractivity contribution is 5.57. The van der Waals surface area contributed by atoms with Gasteiger partial charge in [0.1, 0.15) is 5.82 Å². The number of β-amino-alcohol motifs (C(OH)–C–C–N with tert-alkyl or cyclic N) is 1. The predicted molar refractivity (Wildman–Crippen MR) is 77.5 cm³/mol. The first kappa shape index (κ1) is 13.0. The Morgan fingerprint density at radius 3 is 2.80 bits per heavy atom. The lowest BCUT2D eigenvalue weighted by Crippen LogP contribution is -2.38. The summed E-state index contributed by atoms with van der Waals surface area (Å²) in [5, 5.41) is 9.80. The van der Waals surface area contributed by atoms with E-state index in [9.17, 15) is 5.11 Å². The van der Waals surface area contributed by atoms with Gasteiger partial charge in [-0.1, -0.05) is 0 Å². The van der Waals surface area contributed by atoms with E-state index in [0.29, 0.717) is 12.4 Å². The topological polar surface area (TPSA) is 62.1 Å². The Bertz CT molecular complexity index is 588. The normalized spacial score (nSPS) is 19.1. The molecule has 104 valence electrons. The minimum atomic E-state index is -0.261. The van der Waals surface area contributed by atoms with Crippen molar-refractivity contribution >= 4 is 5.82 Å². The first-order valence-corrected chi connectivity index (χ1v) is 6.91. The van der Waals surface area contributed by atoms with E-state index < -0.39 is 0 Å². The van der Waals surface area contributed by atoms with Gasteiger partial charge < -0.3 is 10.0 Å². The number of hydrogen-bond donors (Lipinski definition) is 1. The third-order valence-corrected chi connectivity index (χ3v) is 3.50. The quantitative estimate of drug-likeness (QED) is 0.901. The van der Waals surface area contributed by atoms with E-state index in [1.54, 1.807) is 12.4 Å². The third-order valence-electron chi connectivity index (χ3n) is 3.50. The molecule has 1 saturated heterocycles. The zero-order valence-electron chi connectivity index (χ0n) is 11.5. The van der Waals surface area contributed by atoms with Gasteiger partial charge in [-0.3, -0.25) is 4.98 Å². The lowest BCUT2D eigenvalue weighted by molar-refractivity contribution is 0.154. The summed E-state index contributed by atoms with van der Waals surface area (Å²) in [5.74, 6) is 1.60. The molecule has 2 aromatic rings. The predicted octanol–water partition coefficient (Wildman–Crippen LogP) is 1.81. The molecule has 5 heteroatoms. The van der Waals surface area contributed by atoms with Gasteiger partial charge in [0.2, 0.25) is 0 Å². The lowest BCUT2D eigenvalue weighted by atomic mass is 10.1. The number of aryl methyl sites for hydroxylation is 1. The minimum Gasteiger partial charge on any atom is -0.391 e. The summed E-state index contributed by atoms with van der Waals surface area (Å²) in [7, 11) is 0. The van der Waals surface area contributed by atoms with Gasteiger partial charge >= 0.3 is 0 Å². The molecule has 0 aromatic carbocycles. The molecule has 0 radical (unpaired) electrons. The molecular formula is C15H18N4O. The molecular weight excluding hydrogens is 252 g/mol. The third kappa shape index (κ3) is 2.77. The second kappa shape index (κ2) is 5.54. The van der Waals surface area contributed by atoms with Crippen molar-refractivity contribution in [3.63, 3.8) is 0 Å². The first-order chi connectivity index (χ1) is 9.72. The second-order valence-corrected chi connectivity index (χ2v) is 5.17. The summed E-state index contributed by atoms with van der Waals surface area (Å²) < 4.78 is 0. The van der Waals surface area contributed by atoms with E-state index in [-0.39, 0.29) is 6.10 Å². The van der Waals surface area contributed by atoms with Gasteiger partial charge in [0, 0.05) is 42.8 Å². The molecule has 0 saturated carbocycles. The van der Waals surface area contributed by atoms with Crippen molar-refractivity contribution < 1.29 is 5.11 Å². The van der Waals surface area contributed by atoms with Crippen molar-refractivity contribution in [1.82, 2.24) is 15.0 Å². The molecule has 0 aliphatic carbocycles. The number of nitrogens with zero attached hydrogens (tertiary/aromatic N) is 4. The van der Waals surface area contributed by atoms with Crippen LogP contribution in [-0.4, -0.2) is 39.3 Å². The van der Waals surface area contributed by atoms with Crippen LogP contribution in [0.25, 0.3) is 11.4 Å². The van der Waals surface area contributed by atoms with E-state index in [1.165, 1.54) is 0 Å². The van der Waals surface area contributed by atoms with Crippen LogP contribution in [0.1, 0.15) is 18.5 Å². The van der Waals surface area contributed by atoms with Gasteiger partial charge in [0.15, 0.2) is 5.82 Å². The molecule has 0 spiro atoms. The number of aliphatic hydroxyl groups excluding tert-OH is 1. The Morgan fingerprint density at radius 2 is 2.05 bits per heavy atom. The lowest BCUT2D eigenvalue weighted by Gasteiger charge is -2.31. The molecule has 20 heavy (non-hydrogen) atoms. The largest absolute Gasteiger partial charge is 0.391 e. The van der Waals surface area contributed by atoms with Crippen LogP contribution in [0.2, 0.25) is 0 Å². The van der Waals surface area contributed by atoms with Gasteiger partial charge in [-0.2, -0.15) is 0 Å². The molecule has 1 unspecified atom stereocenters. The van der Waals surface area contributed by atoms with E-state index in [1.807, 2.05) is 25.1 Å². The van der Waals surface area contributed by atoms with Crippen molar-refractivity contribution in [2.75, 3.05) is 18.0 Å². The molecule has 5 nitrogen and oxygen atoms in total. The standard InChI is InChI=1S/C15H18N4O/c1-11-9-14(19-8-2-3-13(20)10-19)18-15(17-11)12-4-6-16-7-5-12/h4-7,9,13,20H,2-3,8,10H2,1H3. The SMILES string of the molecule is Cc1cc(N2CCCC(O)C2)nc(-c2ccncc2)n1. The zero-order valence-corrected chi connectivity index (χ0v) is 11.5. The van der Waals surface area contributed by atoms with Crippen molar-refractivity contribution in [1.29, 1.82) is 0 Å². The van der Waals surface area contributed by atoms with E-state index in [0.717, 1.165) is 36.5 Å². The fourth-order valence-corrected chi connectivity index (χ4v) is 2.51. The summed E-state index contributed by atoms with van der Waals surface area (Å²) in [5.41, 5.74) is 1.89. The van der Waals surface area contributed by atoms with Gasteiger partial charge in [0.05, 0.1) is 6.10 Å². The van der Waals surface area contributed by atoms with Gasteiger partial charge in [-0.15, -0.1) is 0 Å². The first-order valence-electron chi connectivity index (χ1n) is 6.91. The smallest absolute Gasteiger partial charge is 0.161 e. The molecule has 1 aliphatic heterocycles. The minimum absolute atomic E-state index is 0.261. The van der Waals surface area contributed by atoms with Crippen LogP contribution in [0.5, 0.6) is 0 Å². The van der Waals surface area contributed by atoms with Crippen molar-refractivity contribution in [3.8, 4) is 11.4 Å². The van der Waals surface area contributed by atoms with E-state index in [2.05, 4.69) is 19.9 Å². The summed E-state index contributed by atoms with van der Waals surface area (Å²) in [6, 6.07) is 5.79. The summed E-state index contributed by atoms with van der Waals surface area (Å²) in [6.45, 7) is 3.55. The molecule has 1 N–H and O–H groups in total. The van der Waals surface area contributed by atoms with Crippen LogP contribution >= 0.6 is 0 Å². The fraction of sp³-hybridized carbons (Fsp3) is 0.400. The summed E-state index contributed by atoms with van der Waals surface area (Å²) in [6.07, 6.45) is 5.09. The van der Waals surface area contributed by atoms with Crippen molar-refractivity contribution in [2.24, 2.45) is 0 Å². The van der Waals surface area contributed by atoms with Crippen LogP contribution in [0.3, 0.4) is 0 Å². The maximum absolute atomic E-state index is 9.80. The number of pyridine rings is 1. The van der Waals surface area contributed by atoms with Crippen LogP contribution in [-0.2, 0) is 0 Å². The van der Waals surface area contributed by atoms with Crippen LogP contribution in [0.4, 0.5) is 5.82 Å². The maximum Gasteiger partial charge on any atom is 0.161 e. The number of aromatic nitrogens is 3. The number of hydrogen-bond acceptors (Lipinski definition) is 5. The number of anilines is 1. The monoisotopic (exact) mass is 270 g/mol. The summed E-state index contributed by atoms with van der Waals surface area (Å²) >= 11 is 0. The molecule has 2 aromatic heterocycles. The number of piperidine rings is 1. The average Bonchev–Trinajstić information content (AvgIpc) is 2.47. The molecule has 1 aliphatic rings. The summed E-state index contributed by atoms with van der Waals surface area (Å²) in [4.78, 5) is 15.3. The van der Waals surface area contributed by atoms with Gasteiger partial charge in [-0.25, -0.2) is 9.97 Å². The Morgan fingerprint density at radius 1 is 1.25 bits per heavy atom. The van der Waals surface area contributed by atoms with E-state index >= 15 is 0 Å². The number of aliphatic hydroxyl groups is 1. The van der Waals surface area contributed by atoms with Crippen molar-refractivity contribution in [2.45, 2.75) is 25.9 Å². The Kier molecular flexibility index (Phi) is 3.60. The van der Waals surface area contributed by atoms with E-state index in [4.69, 9.17) is 0 Å². The van der Waals surface area contributed by atoms with Crippen molar-refractivity contribution in [3.05, 3.63) is 36.3 Å². The average molecular weight is 270 g/mol. The maximum atomic E-state index is 9.80. The molecule has 1 fully saturated rings. The Hall–Kier alpha value is -2.01. The van der Waals surface area contributed by atoms with Gasteiger partial charge in [-0.05, 0) is 31.9 Å². The number of rotatable bonds is 2. The van der Waals surface area contributed by atoms with Crippen LogP contribution in [0.15, 0.2) is 30.6 Å². The highest BCUT2D eigenvalue weighted by Crippen LogP contribution is 2.22. The highest BCUT2D eigenvalue weighted by atomic mass is 16.3. The Balaban J connectivity index is 1.94. The molecule has 0 amide bonds. The van der Waals surface area contributed by atoms with Gasteiger partial charge in [0.25, 0.3) is 0 Å². The van der Waals surface area contributed by atoms with Crippen LogP contribution < -0.4 is 4.90 Å². The molecule has 1 atom stereocenters. The second-order valence-electron chi connectivity index (χ2n) is 5.17. The molecule has 3 rings (SSSR count).